The molecule has 0 fully saturated rings. The number of fused-ring (bicyclic) bond motifs is 3. The molecular formula is C32H23N5O. The van der Waals surface area contributed by atoms with Gasteiger partial charge in [-0.05, 0) is 73.7 Å². The molecule has 182 valence electrons. The third-order valence-electron chi connectivity index (χ3n) is 6.61. The lowest BCUT2D eigenvalue weighted by Crippen LogP contribution is -2.12. The van der Waals surface area contributed by atoms with Gasteiger partial charge in [-0.1, -0.05) is 42.5 Å². The number of furan rings is 1. The Labute approximate surface area is 219 Å². The second-order valence-corrected chi connectivity index (χ2v) is 9.11. The lowest BCUT2D eigenvalue weighted by molar-refractivity contribution is 0.653. The van der Waals surface area contributed by atoms with E-state index >= 15 is 0 Å². The highest BCUT2D eigenvalue weighted by molar-refractivity contribution is 6.08. The molecular weight excluding hydrogens is 470 g/mol. The van der Waals surface area contributed by atoms with Crippen LogP contribution in [0.3, 0.4) is 0 Å². The average molecular weight is 494 g/mol. The second-order valence-electron chi connectivity index (χ2n) is 9.11. The summed E-state index contributed by atoms with van der Waals surface area (Å²) in [5.41, 5.74) is 7.08. The Morgan fingerprint density at radius 2 is 1.55 bits per heavy atom. The highest BCUT2D eigenvalue weighted by Crippen LogP contribution is 2.38. The van der Waals surface area contributed by atoms with Crippen molar-refractivity contribution in [3.63, 3.8) is 0 Å². The molecule has 38 heavy (non-hydrogen) atoms. The van der Waals surface area contributed by atoms with Crippen LogP contribution in [0.15, 0.2) is 126 Å². The summed E-state index contributed by atoms with van der Waals surface area (Å²) in [4.78, 5) is 11.9. The first-order valence-electron chi connectivity index (χ1n) is 12.5. The number of hydrogen-bond acceptors (Lipinski definition) is 5. The van der Waals surface area contributed by atoms with Gasteiger partial charge in [0.25, 0.3) is 0 Å². The molecule has 4 heterocycles. The van der Waals surface area contributed by atoms with Crippen LogP contribution >= 0.6 is 0 Å². The second kappa shape index (κ2) is 9.01. The van der Waals surface area contributed by atoms with Crippen molar-refractivity contribution in [3.05, 3.63) is 127 Å². The zero-order chi connectivity index (χ0) is 25.5. The van der Waals surface area contributed by atoms with E-state index in [2.05, 4.69) is 57.4 Å². The van der Waals surface area contributed by atoms with Crippen LogP contribution in [0.4, 0.5) is 17.2 Å². The third-order valence-corrected chi connectivity index (χ3v) is 6.61. The number of aryl methyl sites for hydroxylation is 1. The van der Waals surface area contributed by atoms with Crippen LogP contribution in [0.2, 0.25) is 0 Å². The van der Waals surface area contributed by atoms with E-state index in [1.165, 1.54) is 0 Å². The Kier molecular flexibility index (Phi) is 5.22. The molecule has 3 aromatic carbocycles. The van der Waals surface area contributed by atoms with Gasteiger partial charge in [-0.15, -0.1) is 0 Å². The summed E-state index contributed by atoms with van der Waals surface area (Å²) in [7, 11) is 0. The van der Waals surface area contributed by atoms with Crippen LogP contribution in [0, 0.1) is 6.92 Å². The predicted molar refractivity (Wildman–Crippen MR) is 151 cm³/mol. The smallest absolute Gasteiger partial charge is 0.227 e. The molecule has 7 aromatic rings. The maximum Gasteiger partial charge on any atom is 0.227 e. The van der Waals surface area contributed by atoms with E-state index in [0.717, 1.165) is 56.2 Å². The highest BCUT2D eigenvalue weighted by atomic mass is 16.3. The molecule has 0 saturated heterocycles. The van der Waals surface area contributed by atoms with Crippen molar-refractivity contribution in [2.24, 2.45) is 0 Å². The van der Waals surface area contributed by atoms with Gasteiger partial charge in [0.15, 0.2) is 0 Å². The van der Waals surface area contributed by atoms with Crippen molar-refractivity contribution in [3.8, 4) is 16.9 Å². The van der Waals surface area contributed by atoms with Crippen LogP contribution in [-0.4, -0.2) is 19.7 Å². The first-order chi connectivity index (χ1) is 18.7. The molecule has 0 N–H and O–H groups in total. The number of nitrogens with zero attached hydrogens (tertiary/aromatic N) is 5. The molecule has 0 aliphatic carbocycles. The van der Waals surface area contributed by atoms with E-state index in [4.69, 9.17) is 9.40 Å². The summed E-state index contributed by atoms with van der Waals surface area (Å²) >= 11 is 0. The number of benzene rings is 3. The van der Waals surface area contributed by atoms with E-state index in [0.29, 0.717) is 5.71 Å². The number of rotatable bonds is 5. The Bertz CT molecular complexity index is 1890. The van der Waals surface area contributed by atoms with E-state index in [9.17, 15) is 0 Å². The first kappa shape index (κ1) is 22.0. The lowest BCUT2D eigenvalue weighted by Gasteiger charge is -2.25. The maximum absolute atomic E-state index is 6.27. The molecule has 0 saturated carbocycles. The molecule has 6 nitrogen and oxygen atoms in total. The SMILES string of the molecule is Cc1ccc2c(n1)oc1c(-c3cccc(N(c4ccccc4)c4cccc(-n5cccn5)c4)n3)cccc12. The highest BCUT2D eigenvalue weighted by Gasteiger charge is 2.18. The zero-order valence-corrected chi connectivity index (χ0v) is 20.7. The minimum Gasteiger partial charge on any atom is -0.437 e. The molecule has 0 bridgehead atoms. The van der Waals surface area contributed by atoms with Crippen LogP contribution in [0.5, 0.6) is 0 Å². The van der Waals surface area contributed by atoms with Gasteiger partial charge < -0.3 is 4.42 Å². The molecule has 4 aromatic heterocycles. The fraction of sp³-hybridized carbons (Fsp3) is 0.0312. The third kappa shape index (κ3) is 3.79. The topological polar surface area (TPSA) is 60.0 Å². The maximum atomic E-state index is 6.27. The van der Waals surface area contributed by atoms with Crippen molar-refractivity contribution in [1.82, 2.24) is 19.7 Å². The van der Waals surface area contributed by atoms with E-state index in [1.807, 2.05) is 84.5 Å². The molecule has 0 radical (unpaired) electrons. The Morgan fingerprint density at radius 1 is 0.711 bits per heavy atom. The van der Waals surface area contributed by atoms with Crippen LogP contribution < -0.4 is 4.90 Å². The van der Waals surface area contributed by atoms with Crippen molar-refractivity contribution in [1.29, 1.82) is 0 Å². The first-order valence-corrected chi connectivity index (χ1v) is 12.5. The number of para-hydroxylation sites is 2. The van der Waals surface area contributed by atoms with Crippen LogP contribution in [0.1, 0.15) is 5.69 Å². The number of aromatic nitrogens is 4. The van der Waals surface area contributed by atoms with E-state index in [1.54, 1.807) is 6.20 Å². The number of anilines is 3. The normalized spacial score (nSPS) is 11.3. The van der Waals surface area contributed by atoms with Gasteiger partial charge in [-0.2, -0.15) is 5.10 Å². The van der Waals surface area contributed by atoms with Crippen LogP contribution in [0.25, 0.3) is 39.0 Å². The van der Waals surface area contributed by atoms with Gasteiger partial charge in [0.05, 0.1) is 11.4 Å². The van der Waals surface area contributed by atoms with Gasteiger partial charge in [0, 0.05) is 45.8 Å². The molecule has 0 amide bonds. The quantitative estimate of drug-likeness (QED) is 0.243. The standard InChI is InChI=1S/C32H23N5O/c1-22-17-18-27-26-13-6-14-28(31(26)38-32(27)34-22)29-15-7-16-30(35-29)37(23-9-3-2-4-10-23)25-12-5-11-24(21-25)36-20-8-19-33-36/h2-21H,1H3. The summed E-state index contributed by atoms with van der Waals surface area (Å²) in [6, 6.07) is 36.8. The monoisotopic (exact) mass is 493 g/mol. The minimum absolute atomic E-state index is 0.643. The van der Waals surface area contributed by atoms with Crippen molar-refractivity contribution in [2.45, 2.75) is 6.92 Å². The lowest BCUT2D eigenvalue weighted by atomic mass is 10.1. The molecule has 0 spiro atoms. The van der Waals surface area contributed by atoms with E-state index < -0.39 is 0 Å². The zero-order valence-electron chi connectivity index (χ0n) is 20.7. The summed E-state index contributed by atoms with van der Waals surface area (Å²) in [5, 5.41) is 6.44. The predicted octanol–water partition coefficient (Wildman–Crippen LogP) is 8.01. The average Bonchev–Trinajstić information content (AvgIpc) is 3.62. The fourth-order valence-corrected chi connectivity index (χ4v) is 4.86. The van der Waals surface area contributed by atoms with Crippen molar-refractivity contribution < 1.29 is 4.42 Å². The fourth-order valence-electron chi connectivity index (χ4n) is 4.86. The van der Waals surface area contributed by atoms with Gasteiger partial charge >= 0.3 is 0 Å². The summed E-state index contributed by atoms with van der Waals surface area (Å²) in [6.45, 7) is 1.97. The largest absolute Gasteiger partial charge is 0.437 e. The minimum atomic E-state index is 0.643. The van der Waals surface area contributed by atoms with Crippen molar-refractivity contribution >= 4 is 39.3 Å². The van der Waals surface area contributed by atoms with Gasteiger partial charge in [0.1, 0.15) is 11.4 Å². The van der Waals surface area contributed by atoms with Gasteiger partial charge in [-0.25, -0.2) is 14.6 Å². The summed E-state index contributed by atoms with van der Waals surface area (Å²) in [5.74, 6) is 0.799. The molecule has 0 aliphatic rings. The van der Waals surface area contributed by atoms with Crippen molar-refractivity contribution in [2.75, 3.05) is 4.90 Å². The molecule has 0 unspecified atom stereocenters. The number of hydrogen-bond donors (Lipinski definition) is 0. The Balaban J connectivity index is 1.39. The summed E-state index contributed by atoms with van der Waals surface area (Å²) < 4.78 is 8.13. The van der Waals surface area contributed by atoms with Crippen LogP contribution in [-0.2, 0) is 0 Å². The Morgan fingerprint density at radius 3 is 2.42 bits per heavy atom. The summed E-state index contributed by atoms with van der Waals surface area (Å²) in [6.07, 6.45) is 3.72. The van der Waals surface area contributed by atoms with Gasteiger partial charge in [0.2, 0.25) is 5.71 Å². The van der Waals surface area contributed by atoms with Gasteiger partial charge in [-0.3, -0.25) is 4.90 Å². The van der Waals surface area contributed by atoms with E-state index in [-0.39, 0.29) is 0 Å². The molecule has 7 rings (SSSR count). The Hall–Kier alpha value is -5.23. The number of pyridine rings is 2. The molecule has 0 atom stereocenters. The molecule has 6 heteroatoms. The molecule has 0 aliphatic heterocycles.